The fourth-order valence-electron chi connectivity index (χ4n) is 1.90. The van der Waals surface area contributed by atoms with Crippen LogP contribution < -0.4 is 14.9 Å². The van der Waals surface area contributed by atoms with E-state index in [1.807, 2.05) is 37.4 Å². The van der Waals surface area contributed by atoms with Crippen molar-refractivity contribution in [2.75, 3.05) is 13.2 Å². The van der Waals surface area contributed by atoms with Crippen molar-refractivity contribution in [1.82, 2.24) is 5.43 Å². The Kier molecular flexibility index (Phi) is 7.27. The first-order valence-corrected chi connectivity index (χ1v) is 9.29. The largest absolute Gasteiger partial charge is 0.490 e. The Balaban J connectivity index is 2.12. The molecule has 0 atom stereocenters. The number of nitrogens with zero attached hydrogens (tertiary/aromatic N) is 1. The summed E-state index contributed by atoms with van der Waals surface area (Å²) in [6.07, 6.45) is 2.48. The molecule has 0 radical (unpaired) electrons. The topological polar surface area (TPSA) is 59.9 Å². The van der Waals surface area contributed by atoms with E-state index in [4.69, 9.17) is 9.47 Å². The molecule has 0 saturated carbocycles. The van der Waals surface area contributed by atoms with Gasteiger partial charge in [0.15, 0.2) is 11.5 Å². The lowest BCUT2D eigenvalue weighted by molar-refractivity contribution is 0.0959. The average molecular weight is 411 g/mol. The number of halogens is 1. The van der Waals surface area contributed by atoms with E-state index in [1.165, 1.54) is 11.3 Å². The number of hydrogen-bond acceptors (Lipinski definition) is 5. The molecular weight excluding hydrogens is 392 g/mol. The molecule has 1 heterocycles. The van der Waals surface area contributed by atoms with Gasteiger partial charge in [-0.3, -0.25) is 4.79 Å². The van der Waals surface area contributed by atoms with Gasteiger partial charge in [0.05, 0.1) is 28.8 Å². The lowest BCUT2D eigenvalue weighted by atomic mass is 10.2. The molecule has 128 valence electrons. The molecule has 1 aromatic heterocycles. The van der Waals surface area contributed by atoms with Crippen LogP contribution in [0, 0.1) is 0 Å². The highest BCUT2D eigenvalue weighted by Crippen LogP contribution is 2.36. The van der Waals surface area contributed by atoms with E-state index >= 15 is 0 Å². The maximum Gasteiger partial charge on any atom is 0.281 e. The Hall–Kier alpha value is -1.86. The number of carbonyl (C=O) groups is 1. The molecule has 0 aliphatic carbocycles. The summed E-state index contributed by atoms with van der Waals surface area (Å²) in [5, 5.41) is 5.84. The van der Waals surface area contributed by atoms with Crippen molar-refractivity contribution in [1.29, 1.82) is 0 Å². The molecule has 0 fully saturated rings. The van der Waals surface area contributed by atoms with Crippen LogP contribution in [0.3, 0.4) is 0 Å². The fourth-order valence-corrected chi connectivity index (χ4v) is 3.09. The molecule has 1 N–H and O–H groups in total. The van der Waals surface area contributed by atoms with Crippen LogP contribution in [0.25, 0.3) is 0 Å². The van der Waals surface area contributed by atoms with E-state index < -0.39 is 0 Å². The van der Waals surface area contributed by atoms with Crippen LogP contribution in [0.1, 0.15) is 35.5 Å². The minimum Gasteiger partial charge on any atom is -0.490 e. The minimum absolute atomic E-state index is 0.228. The van der Waals surface area contributed by atoms with E-state index in [0.717, 1.165) is 16.5 Å². The summed E-state index contributed by atoms with van der Waals surface area (Å²) in [5.41, 5.74) is 3.30. The quantitative estimate of drug-likeness (QED) is 0.515. The van der Waals surface area contributed by atoms with Gasteiger partial charge in [0, 0.05) is 0 Å². The van der Waals surface area contributed by atoms with Crippen molar-refractivity contribution >= 4 is 39.4 Å². The zero-order valence-corrected chi connectivity index (χ0v) is 15.9. The average Bonchev–Trinajstić information content (AvgIpc) is 3.09. The zero-order valence-electron chi connectivity index (χ0n) is 13.5. The maximum atomic E-state index is 11.8. The summed E-state index contributed by atoms with van der Waals surface area (Å²) in [4.78, 5) is 12.5. The molecule has 2 aromatic rings. The molecule has 0 spiro atoms. The van der Waals surface area contributed by atoms with Crippen molar-refractivity contribution in [2.24, 2.45) is 5.10 Å². The minimum atomic E-state index is -0.228. The standard InChI is InChI=1S/C17H19BrN2O3S/c1-3-7-23-16-13(18)9-12(10-14(16)22-4-2)11-19-20-17(21)15-6-5-8-24-15/h5-6,8-11H,3-4,7H2,1-2H3,(H,20,21)/b19-11-. The molecule has 1 amide bonds. The second-order valence-corrected chi connectivity index (χ2v) is 6.59. The van der Waals surface area contributed by atoms with Crippen LogP contribution in [0.15, 0.2) is 39.2 Å². The van der Waals surface area contributed by atoms with Crippen molar-refractivity contribution < 1.29 is 14.3 Å². The predicted molar refractivity (Wildman–Crippen MR) is 100 cm³/mol. The molecule has 2 rings (SSSR count). The molecule has 0 saturated heterocycles. The summed E-state index contributed by atoms with van der Waals surface area (Å²) < 4.78 is 12.2. The molecule has 0 unspecified atom stereocenters. The highest BCUT2D eigenvalue weighted by Gasteiger charge is 2.11. The first kappa shape index (κ1) is 18.5. The van der Waals surface area contributed by atoms with Crippen LogP contribution in [0.2, 0.25) is 0 Å². The summed E-state index contributed by atoms with van der Waals surface area (Å²) in [6, 6.07) is 7.28. The van der Waals surface area contributed by atoms with Crippen molar-refractivity contribution in [3.05, 3.63) is 44.6 Å². The molecule has 24 heavy (non-hydrogen) atoms. The number of amides is 1. The Morgan fingerprint density at radius 2 is 2.21 bits per heavy atom. The van der Waals surface area contributed by atoms with E-state index in [9.17, 15) is 4.79 Å². The number of carbonyl (C=O) groups excluding carboxylic acids is 1. The smallest absolute Gasteiger partial charge is 0.281 e. The summed E-state index contributed by atoms with van der Waals surface area (Å²) >= 11 is 4.87. The molecular formula is C17H19BrN2O3S. The van der Waals surface area contributed by atoms with Crippen LogP contribution >= 0.6 is 27.3 Å². The number of hydrazone groups is 1. The molecule has 1 aromatic carbocycles. The highest BCUT2D eigenvalue weighted by atomic mass is 79.9. The number of benzene rings is 1. The molecule has 7 heteroatoms. The lowest BCUT2D eigenvalue weighted by Crippen LogP contribution is -2.16. The van der Waals surface area contributed by atoms with Crippen molar-refractivity contribution in [3.8, 4) is 11.5 Å². The van der Waals surface area contributed by atoms with Gasteiger partial charge in [-0.1, -0.05) is 13.0 Å². The van der Waals surface area contributed by atoms with Gasteiger partial charge < -0.3 is 9.47 Å². The van der Waals surface area contributed by atoms with Gasteiger partial charge in [-0.05, 0) is 58.4 Å². The fraction of sp³-hybridized carbons (Fsp3) is 0.294. The van der Waals surface area contributed by atoms with Gasteiger partial charge in [-0.2, -0.15) is 5.10 Å². The summed E-state index contributed by atoms with van der Waals surface area (Å²) in [6.45, 7) is 5.11. The van der Waals surface area contributed by atoms with E-state index in [-0.39, 0.29) is 5.91 Å². The number of thiophene rings is 1. The number of nitrogens with one attached hydrogen (secondary N) is 1. The Labute approximate surface area is 153 Å². The molecule has 0 aliphatic heterocycles. The van der Waals surface area contributed by atoms with Gasteiger partial charge in [-0.25, -0.2) is 5.43 Å². The lowest BCUT2D eigenvalue weighted by Gasteiger charge is -2.14. The van der Waals surface area contributed by atoms with Crippen molar-refractivity contribution in [3.63, 3.8) is 0 Å². The van der Waals surface area contributed by atoms with Gasteiger partial charge in [-0.15, -0.1) is 11.3 Å². The first-order valence-electron chi connectivity index (χ1n) is 7.61. The molecule has 0 bridgehead atoms. The Bertz CT molecular complexity index is 702. The zero-order chi connectivity index (χ0) is 17.4. The van der Waals surface area contributed by atoms with Gasteiger partial charge in [0.25, 0.3) is 5.91 Å². The van der Waals surface area contributed by atoms with Gasteiger partial charge >= 0.3 is 0 Å². The Morgan fingerprint density at radius 1 is 1.38 bits per heavy atom. The normalized spacial score (nSPS) is 10.8. The monoisotopic (exact) mass is 410 g/mol. The maximum absolute atomic E-state index is 11.8. The Morgan fingerprint density at radius 3 is 2.88 bits per heavy atom. The third kappa shape index (κ3) is 5.07. The van der Waals surface area contributed by atoms with Gasteiger partial charge in [0.2, 0.25) is 0 Å². The van der Waals surface area contributed by atoms with Crippen LogP contribution in [-0.4, -0.2) is 25.3 Å². The van der Waals surface area contributed by atoms with Crippen molar-refractivity contribution in [2.45, 2.75) is 20.3 Å². The van der Waals surface area contributed by atoms with E-state index in [0.29, 0.717) is 29.6 Å². The second kappa shape index (κ2) is 9.44. The van der Waals surface area contributed by atoms with Crippen LogP contribution in [-0.2, 0) is 0 Å². The third-order valence-electron chi connectivity index (χ3n) is 2.91. The number of rotatable bonds is 8. The van der Waals surface area contributed by atoms with E-state index in [1.54, 1.807) is 12.3 Å². The first-order chi connectivity index (χ1) is 11.7. The van der Waals surface area contributed by atoms with Crippen LogP contribution in [0.5, 0.6) is 11.5 Å². The SMILES string of the molecule is CCCOc1c(Br)cc(/C=N\NC(=O)c2cccs2)cc1OCC. The van der Waals surface area contributed by atoms with E-state index in [2.05, 4.69) is 26.5 Å². The summed E-state index contributed by atoms with van der Waals surface area (Å²) in [7, 11) is 0. The third-order valence-corrected chi connectivity index (χ3v) is 4.36. The highest BCUT2D eigenvalue weighted by molar-refractivity contribution is 9.10. The van der Waals surface area contributed by atoms with Crippen LogP contribution in [0.4, 0.5) is 0 Å². The summed E-state index contributed by atoms with van der Waals surface area (Å²) in [5.74, 6) is 1.10. The van der Waals surface area contributed by atoms with Gasteiger partial charge in [0.1, 0.15) is 0 Å². The predicted octanol–water partition coefficient (Wildman–Crippen LogP) is 4.46. The second-order valence-electron chi connectivity index (χ2n) is 4.79. The number of ether oxygens (including phenoxy) is 2. The molecule has 0 aliphatic rings. The number of hydrogen-bond donors (Lipinski definition) is 1. The molecule has 5 nitrogen and oxygen atoms in total.